The largest absolute Gasteiger partial charge is 0.435 e. The van der Waals surface area contributed by atoms with E-state index in [1.165, 1.54) is 22.4 Å². The van der Waals surface area contributed by atoms with E-state index in [1.807, 2.05) is 18.2 Å². The lowest BCUT2D eigenvalue weighted by molar-refractivity contribution is -0.130. The molecule has 0 bridgehead atoms. The number of rotatable bonds is 5. The van der Waals surface area contributed by atoms with Gasteiger partial charge >= 0.3 is 6.61 Å². The Morgan fingerprint density at radius 3 is 2.36 bits per heavy atom. The summed E-state index contributed by atoms with van der Waals surface area (Å²) in [7, 11) is 0.500. The Morgan fingerprint density at radius 2 is 1.61 bits per heavy atom. The van der Waals surface area contributed by atoms with Gasteiger partial charge in [-0.1, -0.05) is 48.5 Å². The molecule has 4 nitrogen and oxygen atoms in total. The molecule has 1 fully saturated rings. The maximum absolute atomic E-state index is 12.7. The Bertz CT molecular complexity index is 1250. The molecule has 6 rings (SSSR count). The van der Waals surface area contributed by atoms with Gasteiger partial charge in [-0.3, -0.25) is 9.18 Å². The van der Waals surface area contributed by atoms with Crippen LogP contribution in [0.3, 0.4) is 0 Å². The van der Waals surface area contributed by atoms with Gasteiger partial charge in [-0.15, -0.1) is 0 Å². The fraction of sp³-hybridized carbons (Fsp3) is 0.345. The molecule has 3 aliphatic heterocycles. The van der Waals surface area contributed by atoms with E-state index in [0.717, 1.165) is 43.5 Å². The van der Waals surface area contributed by atoms with Crippen LogP contribution in [0.15, 0.2) is 66.7 Å². The van der Waals surface area contributed by atoms with Crippen molar-refractivity contribution in [3.05, 3.63) is 83.4 Å². The van der Waals surface area contributed by atoms with Crippen molar-refractivity contribution in [3.63, 3.8) is 0 Å². The monoisotopic (exact) mass is 494 g/mol. The predicted molar refractivity (Wildman–Crippen MR) is 134 cm³/mol. The Kier molecular flexibility index (Phi) is 6.90. The van der Waals surface area contributed by atoms with E-state index in [-0.39, 0.29) is 23.7 Å². The molecule has 3 aromatic rings. The third-order valence-electron chi connectivity index (χ3n) is 7.39. The zero-order valence-corrected chi connectivity index (χ0v) is 20.2. The lowest BCUT2D eigenvalue weighted by Crippen LogP contribution is -2.39. The summed E-state index contributed by atoms with van der Waals surface area (Å²) in [6.45, 7) is -1.07. The highest BCUT2D eigenvalue weighted by Crippen LogP contribution is 2.51. The van der Waals surface area contributed by atoms with E-state index in [0.29, 0.717) is 13.6 Å². The number of anilines is 1. The number of carbonyl (C=O) groups is 1. The molecule has 188 valence electrons. The molecule has 0 spiro atoms. The number of halogens is 3. The van der Waals surface area contributed by atoms with Crippen molar-refractivity contribution in [2.75, 3.05) is 25.2 Å². The Labute approximate surface area is 209 Å². The molecule has 1 amide bonds. The van der Waals surface area contributed by atoms with Gasteiger partial charge in [-0.05, 0) is 65.3 Å². The lowest BCUT2D eigenvalue weighted by atomic mass is 9.86. The number of amides is 1. The second-order valence-electron chi connectivity index (χ2n) is 9.29. The predicted octanol–water partition coefficient (Wildman–Crippen LogP) is 6.71. The van der Waals surface area contributed by atoms with Gasteiger partial charge in [-0.25, -0.2) is 0 Å². The molecule has 0 N–H and O–H groups in total. The van der Waals surface area contributed by atoms with Crippen LogP contribution in [0.25, 0.3) is 11.1 Å². The highest BCUT2D eigenvalue weighted by Gasteiger charge is 2.41. The average Bonchev–Trinajstić information content (AvgIpc) is 3.53. The van der Waals surface area contributed by atoms with Crippen molar-refractivity contribution >= 4 is 11.6 Å². The van der Waals surface area contributed by atoms with Gasteiger partial charge in [0.15, 0.2) is 0 Å². The molecule has 0 aromatic heterocycles. The van der Waals surface area contributed by atoms with E-state index in [1.54, 1.807) is 18.2 Å². The van der Waals surface area contributed by atoms with Crippen molar-refractivity contribution in [2.24, 2.45) is 0 Å². The minimum atomic E-state index is -2.85. The fourth-order valence-corrected chi connectivity index (χ4v) is 5.95. The topological polar surface area (TPSA) is 32.8 Å². The van der Waals surface area contributed by atoms with Gasteiger partial charge in [0.2, 0.25) is 5.91 Å². The molecule has 3 heterocycles. The normalized spacial score (nSPS) is 20.3. The van der Waals surface area contributed by atoms with Crippen molar-refractivity contribution in [1.82, 2.24) is 4.90 Å². The molecule has 3 aliphatic rings. The van der Waals surface area contributed by atoms with E-state index in [9.17, 15) is 18.0 Å². The number of para-hydroxylation sites is 1. The van der Waals surface area contributed by atoms with Crippen LogP contribution in [0, 0.1) is 0 Å². The minimum absolute atomic E-state index is 0.0794. The SMILES string of the molecule is CF.O=C1CCCN1C1CC(c2cccc(-c3cccc(OC(F)F)c3)c2)N2CCc3cccc1c32. The zero-order valence-electron chi connectivity index (χ0n) is 20.2. The summed E-state index contributed by atoms with van der Waals surface area (Å²) in [5.41, 5.74) is 6.90. The third kappa shape index (κ3) is 4.43. The molecule has 0 aliphatic carbocycles. The summed E-state index contributed by atoms with van der Waals surface area (Å²) in [5.74, 6) is 0.402. The number of hydrogen-bond donors (Lipinski definition) is 0. The van der Waals surface area contributed by atoms with Gasteiger partial charge < -0.3 is 14.5 Å². The zero-order chi connectivity index (χ0) is 25.2. The first-order chi connectivity index (χ1) is 17.6. The number of benzene rings is 3. The molecule has 1 saturated heterocycles. The Balaban J connectivity index is 0.00000130. The molecule has 7 heteroatoms. The summed E-state index contributed by atoms with van der Waals surface area (Å²) in [4.78, 5) is 17.3. The molecule has 3 aromatic carbocycles. The number of carbonyl (C=O) groups excluding carboxylic acids is 1. The molecule has 2 atom stereocenters. The van der Waals surface area contributed by atoms with Gasteiger partial charge in [0.05, 0.1) is 19.3 Å². The summed E-state index contributed by atoms with van der Waals surface area (Å²) < 4.78 is 39.5. The summed E-state index contributed by atoms with van der Waals surface area (Å²) >= 11 is 0. The van der Waals surface area contributed by atoms with E-state index in [4.69, 9.17) is 0 Å². The van der Waals surface area contributed by atoms with Crippen LogP contribution in [0.2, 0.25) is 0 Å². The van der Waals surface area contributed by atoms with Crippen LogP contribution in [-0.4, -0.2) is 37.7 Å². The van der Waals surface area contributed by atoms with Gasteiger partial charge in [0.1, 0.15) is 5.75 Å². The first kappa shape index (κ1) is 24.2. The quantitative estimate of drug-likeness (QED) is 0.395. The Hall–Kier alpha value is -3.48. The molecule has 2 unspecified atom stereocenters. The first-order valence-electron chi connectivity index (χ1n) is 12.3. The smallest absolute Gasteiger partial charge is 0.387 e. The lowest BCUT2D eigenvalue weighted by Gasteiger charge is -2.43. The number of alkyl halides is 3. The number of hydrogen-bond acceptors (Lipinski definition) is 3. The molecular formula is C29H29F3N2O2. The van der Waals surface area contributed by atoms with Gasteiger partial charge in [0.25, 0.3) is 0 Å². The van der Waals surface area contributed by atoms with E-state index < -0.39 is 6.61 Å². The summed E-state index contributed by atoms with van der Waals surface area (Å²) in [6, 6.07) is 21.9. The van der Waals surface area contributed by atoms with Gasteiger partial charge in [-0.2, -0.15) is 8.78 Å². The molecule has 0 radical (unpaired) electrons. The summed E-state index contributed by atoms with van der Waals surface area (Å²) in [5, 5.41) is 0. The highest BCUT2D eigenvalue weighted by molar-refractivity contribution is 5.80. The number of likely N-dealkylation sites (tertiary alicyclic amines) is 1. The van der Waals surface area contributed by atoms with Crippen LogP contribution in [-0.2, 0) is 11.2 Å². The second-order valence-corrected chi connectivity index (χ2v) is 9.29. The number of nitrogens with zero attached hydrogens (tertiary/aromatic N) is 2. The second kappa shape index (κ2) is 10.2. The molecule has 36 heavy (non-hydrogen) atoms. The van der Waals surface area contributed by atoms with Crippen molar-refractivity contribution in [1.29, 1.82) is 0 Å². The van der Waals surface area contributed by atoms with Crippen LogP contribution >= 0.6 is 0 Å². The van der Waals surface area contributed by atoms with Gasteiger partial charge in [0, 0.05) is 25.2 Å². The standard InChI is InChI=1S/C28H26F2N2O2.CH3F/c29-28(30)34-22-9-2-7-20(16-22)19-6-1-8-21(15-19)24-17-25(31-13-4-11-26(31)33)23-10-3-5-18-12-14-32(24)27(18)23;1-2/h1-3,5-10,15-16,24-25,28H,4,11-14,17H2;1H3. The summed E-state index contributed by atoms with van der Waals surface area (Å²) in [6.07, 6.45) is 3.41. The van der Waals surface area contributed by atoms with Crippen molar-refractivity contribution < 1.29 is 22.7 Å². The minimum Gasteiger partial charge on any atom is -0.435 e. The molecule has 0 saturated carbocycles. The van der Waals surface area contributed by atoms with Crippen molar-refractivity contribution in [3.8, 4) is 16.9 Å². The van der Waals surface area contributed by atoms with Crippen LogP contribution in [0.4, 0.5) is 18.9 Å². The van der Waals surface area contributed by atoms with Crippen LogP contribution in [0.1, 0.15) is 48.0 Å². The highest BCUT2D eigenvalue weighted by atomic mass is 19.3. The maximum Gasteiger partial charge on any atom is 0.387 e. The van der Waals surface area contributed by atoms with E-state index >= 15 is 0 Å². The molecular weight excluding hydrogens is 465 g/mol. The maximum atomic E-state index is 12.7. The average molecular weight is 495 g/mol. The van der Waals surface area contributed by atoms with Crippen LogP contribution < -0.4 is 9.64 Å². The van der Waals surface area contributed by atoms with Crippen molar-refractivity contribution in [2.45, 2.75) is 44.4 Å². The number of ether oxygens (including phenoxy) is 1. The Morgan fingerprint density at radius 1 is 0.861 bits per heavy atom. The third-order valence-corrected chi connectivity index (χ3v) is 7.39. The fourth-order valence-electron chi connectivity index (χ4n) is 5.95. The van der Waals surface area contributed by atoms with E-state index in [2.05, 4.69) is 44.9 Å². The van der Waals surface area contributed by atoms with Crippen LogP contribution in [0.5, 0.6) is 5.75 Å². The first-order valence-corrected chi connectivity index (χ1v) is 12.3.